The molecule has 2 aromatic rings. The third-order valence-corrected chi connectivity index (χ3v) is 3.23. The van der Waals surface area contributed by atoms with Crippen molar-refractivity contribution in [2.75, 3.05) is 31.1 Å². The summed E-state index contributed by atoms with van der Waals surface area (Å²) in [5.74, 6) is 1.51. The van der Waals surface area contributed by atoms with Crippen molar-refractivity contribution in [3.8, 4) is 11.4 Å². The lowest BCUT2D eigenvalue weighted by Crippen LogP contribution is -2.44. The van der Waals surface area contributed by atoms with Crippen LogP contribution in [-0.4, -0.2) is 51.6 Å². The van der Waals surface area contributed by atoms with Crippen LogP contribution in [0.2, 0.25) is 0 Å². The molecule has 0 radical (unpaired) electrons. The number of nitrogens with zero attached hydrogens (tertiary/aromatic N) is 5. The van der Waals surface area contributed by atoms with E-state index in [1.165, 1.54) is 0 Å². The number of hydrogen-bond donors (Lipinski definition) is 2. The molecule has 0 saturated carbocycles. The molecule has 1 aliphatic heterocycles. The van der Waals surface area contributed by atoms with E-state index >= 15 is 0 Å². The number of hydrogen-bond acceptors (Lipinski definition) is 6. The van der Waals surface area contributed by atoms with Gasteiger partial charge in [0.1, 0.15) is 0 Å². The summed E-state index contributed by atoms with van der Waals surface area (Å²) in [6.07, 6.45) is 0. The smallest absolute Gasteiger partial charge is 0.245 e. The van der Waals surface area contributed by atoms with Crippen molar-refractivity contribution in [2.24, 2.45) is 0 Å². The highest BCUT2D eigenvalue weighted by Gasteiger charge is 2.16. The molecule has 7 heteroatoms. The molecule has 0 spiro atoms. The van der Waals surface area contributed by atoms with Gasteiger partial charge in [0, 0.05) is 31.7 Å². The zero-order chi connectivity index (χ0) is 13.2. The lowest BCUT2D eigenvalue weighted by atomic mass is 10.2. The predicted molar refractivity (Wildman–Crippen MR) is 72.0 cm³/mol. The fourth-order valence-corrected chi connectivity index (χ4v) is 2.17. The van der Waals surface area contributed by atoms with Crippen LogP contribution in [0.3, 0.4) is 0 Å². The monoisotopic (exact) mass is 259 g/mol. The topological polar surface area (TPSA) is 82.6 Å². The van der Waals surface area contributed by atoms with E-state index in [4.69, 9.17) is 0 Å². The molecular weight excluding hydrogens is 242 g/mol. The van der Waals surface area contributed by atoms with Crippen molar-refractivity contribution >= 4 is 5.95 Å². The van der Waals surface area contributed by atoms with Crippen molar-refractivity contribution in [3.05, 3.63) is 17.5 Å². The maximum absolute atomic E-state index is 4.57. The molecule has 0 amide bonds. The highest BCUT2D eigenvalue weighted by atomic mass is 15.4. The first kappa shape index (κ1) is 12.0. The molecule has 0 aliphatic carbocycles. The van der Waals surface area contributed by atoms with Gasteiger partial charge in [-0.05, 0) is 19.9 Å². The summed E-state index contributed by atoms with van der Waals surface area (Å²) in [6, 6.07) is 1.98. The molecule has 0 aromatic carbocycles. The highest BCUT2D eigenvalue weighted by molar-refractivity contribution is 5.59. The molecule has 100 valence electrons. The molecule has 1 saturated heterocycles. The minimum Gasteiger partial charge on any atom is -0.337 e. The summed E-state index contributed by atoms with van der Waals surface area (Å²) in [7, 11) is 0. The minimum absolute atomic E-state index is 0.754. The van der Waals surface area contributed by atoms with Gasteiger partial charge in [0.15, 0.2) is 5.82 Å². The van der Waals surface area contributed by atoms with E-state index in [-0.39, 0.29) is 0 Å². The van der Waals surface area contributed by atoms with Gasteiger partial charge in [-0.1, -0.05) is 0 Å². The summed E-state index contributed by atoms with van der Waals surface area (Å²) in [5, 5.41) is 18.8. The summed E-state index contributed by atoms with van der Waals surface area (Å²) < 4.78 is 0. The molecule has 2 N–H and O–H groups in total. The maximum Gasteiger partial charge on any atom is 0.245 e. The van der Waals surface area contributed by atoms with E-state index in [9.17, 15) is 0 Å². The van der Waals surface area contributed by atoms with Gasteiger partial charge >= 0.3 is 0 Å². The number of rotatable bonds is 2. The Morgan fingerprint density at radius 1 is 1.16 bits per heavy atom. The Bertz CT molecular complexity index is 571. The summed E-state index contributed by atoms with van der Waals surface area (Å²) >= 11 is 0. The third-order valence-electron chi connectivity index (χ3n) is 3.23. The van der Waals surface area contributed by atoms with Crippen LogP contribution < -0.4 is 10.2 Å². The Kier molecular flexibility index (Phi) is 3.12. The molecule has 2 aromatic heterocycles. The number of piperazine rings is 1. The molecule has 3 rings (SSSR count). The van der Waals surface area contributed by atoms with E-state index in [1.807, 2.05) is 19.9 Å². The minimum atomic E-state index is 0.754. The third kappa shape index (κ3) is 2.41. The number of H-pyrrole nitrogens is 1. The Morgan fingerprint density at radius 3 is 2.74 bits per heavy atom. The first-order valence-electron chi connectivity index (χ1n) is 6.43. The molecule has 3 heterocycles. The van der Waals surface area contributed by atoms with Gasteiger partial charge in [0.2, 0.25) is 5.95 Å². The van der Waals surface area contributed by atoms with Crippen molar-refractivity contribution in [2.45, 2.75) is 13.8 Å². The zero-order valence-electron chi connectivity index (χ0n) is 11.1. The van der Waals surface area contributed by atoms with E-state index < -0.39 is 0 Å². The Balaban J connectivity index is 1.89. The standard InChI is InChI=1S/C12H17N7/c1-8-7-10(9(2)16-15-8)11-14-12(18-17-11)19-5-3-13-4-6-19/h7,13H,3-6H2,1-2H3,(H,14,17,18). The van der Waals surface area contributed by atoms with E-state index in [0.29, 0.717) is 0 Å². The Labute approximate surface area is 111 Å². The molecule has 7 nitrogen and oxygen atoms in total. The van der Waals surface area contributed by atoms with Crippen molar-refractivity contribution in [1.29, 1.82) is 0 Å². The summed E-state index contributed by atoms with van der Waals surface area (Å²) in [4.78, 5) is 6.74. The van der Waals surface area contributed by atoms with Crippen LogP contribution in [0.1, 0.15) is 11.4 Å². The van der Waals surface area contributed by atoms with Crippen LogP contribution in [0.25, 0.3) is 11.4 Å². The van der Waals surface area contributed by atoms with E-state index in [0.717, 1.165) is 54.9 Å². The fraction of sp³-hybridized carbons (Fsp3) is 0.500. The number of aryl methyl sites for hydroxylation is 2. The molecule has 0 unspecified atom stereocenters. The van der Waals surface area contributed by atoms with Crippen LogP contribution in [0.15, 0.2) is 6.07 Å². The van der Waals surface area contributed by atoms with Gasteiger partial charge in [-0.3, -0.25) is 5.10 Å². The molecular formula is C12H17N7. The van der Waals surface area contributed by atoms with Crippen molar-refractivity contribution in [1.82, 2.24) is 30.7 Å². The lowest BCUT2D eigenvalue weighted by Gasteiger charge is -2.25. The molecule has 0 atom stereocenters. The fourth-order valence-electron chi connectivity index (χ4n) is 2.17. The second kappa shape index (κ2) is 4.93. The van der Waals surface area contributed by atoms with Gasteiger partial charge in [0.25, 0.3) is 0 Å². The van der Waals surface area contributed by atoms with Gasteiger partial charge in [-0.25, -0.2) is 0 Å². The van der Waals surface area contributed by atoms with Crippen LogP contribution in [-0.2, 0) is 0 Å². The number of aromatic amines is 1. The Morgan fingerprint density at radius 2 is 1.95 bits per heavy atom. The number of nitrogens with one attached hydrogen (secondary N) is 2. The normalized spacial score (nSPS) is 15.8. The molecule has 1 fully saturated rings. The molecule has 1 aliphatic rings. The van der Waals surface area contributed by atoms with Gasteiger partial charge in [-0.15, -0.1) is 5.10 Å². The average molecular weight is 259 g/mol. The van der Waals surface area contributed by atoms with E-state index in [2.05, 4.69) is 35.6 Å². The lowest BCUT2D eigenvalue weighted by molar-refractivity contribution is 0.580. The number of aromatic nitrogens is 5. The van der Waals surface area contributed by atoms with Crippen LogP contribution in [0.4, 0.5) is 5.95 Å². The SMILES string of the molecule is Cc1cc(-c2nc(N3CCNCC3)n[nH]2)c(C)nn1. The van der Waals surface area contributed by atoms with Gasteiger partial charge in [-0.2, -0.15) is 15.2 Å². The second-order valence-corrected chi connectivity index (χ2v) is 4.71. The number of anilines is 1. The zero-order valence-corrected chi connectivity index (χ0v) is 11.1. The average Bonchev–Trinajstić information content (AvgIpc) is 2.92. The van der Waals surface area contributed by atoms with Crippen molar-refractivity contribution < 1.29 is 0 Å². The van der Waals surface area contributed by atoms with Crippen LogP contribution >= 0.6 is 0 Å². The van der Waals surface area contributed by atoms with Gasteiger partial charge < -0.3 is 10.2 Å². The predicted octanol–water partition coefficient (Wildman–Crippen LogP) is 0.288. The van der Waals surface area contributed by atoms with Crippen LogP contribution in [0.5, 0.6) is 0 Å². The maximum atomic E-state index is 4.57. The van der Waals surface area contributed by atoms with Crippen LogP contribution in [0, 0.1) is 13.8 Å². The van der Waals surface area contributed by atoms with Gasteiger partial charge in [0.05, 0.1) is 11.4 Å². The first-order valence-corrected chi connectivity index (χ1v) is 6.43. The second-order valence-electron chi connectivity index (χ2n) is 4.71. The quantitative estimate of drug-likeness (QED) is 0.806. The Hall–Kier alpha value is -2.02. The molecule has 19 heavy (non-hydrogen) atoms. The van der Waals surface area contributed by atoms with Crippen molar-refractivity contribution in [3.63, 3.8) is 0 Å². The highest BCUT2D eigenvalue weighted by Crippen LogP contribution is 2.20. The first-order chi connectivity index (χ1) is 9.24. The summed E-state index contributed by atoms with van der Waals surface area (Å²) in [5.41, 5.74) is 2.69. The largest absolute Gasteiger partial charge is 0.337 e. The summed E-state index contributed by atoms with van der Waals surface area (Å²) in [6.45, 7) is 7.66. The molecule has 0 bridgehead atoms. The van der Waals surface area contributed by atoms with E-state index in [1.54, 1.807) is 0 Å².